The Kier molecular flexibility index (Phi) is 7.53. The quantitative estimate of drug-likeness (QED) is 0.234. The molecule has 208 valence electrons. The van der Waals surface area contributed by atoms with Crippen molar-refractivity contribution in [2.45, 2.75) is 65.0 Å². The zero-order valence-electron chi connectivity index (χ0n) is 23.4. The lowest BCUT2D eigenvalue weighted by molar-refractivity contribution is -0.836. The van der Waals surface area contributed by atoms with E-state index >= 15 is 0 Å². The first kappa shape index (κ1) is 28.2. The van der Waals surface area contributed by atoms with Crippen LogP contribution in [0.1, 0.15) is 64.5 Å². The number of piperazine rings is 1. The van der Waals surface area contributed by atoms with Gasteiger partial charge in [0.2, 0.25) is 6.04 Å². The lowest BCUT2D eigenvalue weighted by atomic mass is 9.79. The molecule has 39 heavy (non-hydrogen) atoms. The van der Waals surface area contributed by atoms with Gasteiger partial charge in [-0.2, -0.15) is 0 Å². The van der Waals surface area contributed by atoms with Gasteiger partial charge in [0, 0.05) is 12.0 Å². The average molecular weight is 539 g/mol. The second-order valence-electron chi connectivity index (χ2n) is 11.4. The van der Waals surface area contributed by atoms with E-state index in [4.69, 9.17) is 9.47 Å². The highest BCUT2D eigenvalue weighted by Gasteiger charge is 2.60. The molecule has 1 fully saturated rings. The number of nitrogens with zero attached hydrogens (tertiary/aromatic N) is 3. The second-order valence-corrected chi connectivity index (χ2v) is 11.4. The van der Waals surface area contributed by atoms with E-state index < -0.39 is 23.7 Å². The van der Waals surface area contributed by atoms with Gasteiger partial charge in [0.25, 0.3) is 5.70 Å². The number of hydrogen-bond acceptors (Lipinski definition) is 7. The zero-order valence-corrected chi connectivity index (χ0v) is 23.4. The number of amides is 2. The third-order valence-electron chi connectivity index (χ3n) is 7.43. The summed E-state index contributed by atoms with van der Waals surface area (Å²) >= 11 is 0. The summed E-state index contributed by atoms with van der Waals surface area (Å²) < 4.78 is 10.2. The fraction of sp³-hybridized carbons (Fsp3) is 0.483. The summed E-state index contributed by atoms with van der Waals surface area (Å²) in [5.74, 6) is -0.819. The van der Waals surface area contributed by atoms with Crippen molar-refractivity contribution in [3.8, 4) is 0 Å². The van der Waals surface area contributed by atoms with Crippen LogP contribution in [0.25, 0.3) is 5.57 Å². The van der Waals surface area contributed by atoms with Gasteiger partial charge in [0.1, 0.15) is 23.9 Å². The summed E-state index contributed by atoms with van der Waals surface area (Å²) in [7, 11) is 1.25. The van der Waals surface area contributed by atoms with Crippen molar-refractivity contribution in [1.82, 2.24) is 4.90 Å². The molecule has 0 bridgehead atoms. The van der Waals surface area contributed by atoms with Gasteiger partial charge >= 0.3 is 18.0 Å². The number of esters is 1. The van der Waals surface area contributed by atoms with E-state index in [0.717, 1.165) is 11.1 Å². The molecule has 1 spiro atoms. The number of nitro groups is 1. The Morgan fingerprint density at radius 3 is 2.46 bits per heavy atom. The van der Waals surface area contributed by atoms with E-state index in [1.54, 1.807) is 27.0 Å². The topological polar surface area (TPSA) is 116 Å². The minimum absolute atomic E-state index is 0.0464. The molecular formula is C29H36N3O7+. The Hall–Kier alpha value is -3.79. The number of carbonyl (C=O) groups is 3. The molecule has 10 nitrogen and oxygen atoms in total. The Balaban J connectivity index is 1.75. The van der Waals surface area contributed by atoms with Gasteiger partial charge in [-0.25, -0.2) is 18.9 Å². The highest BCUT2D eigenvalue weighted by atomic mass is 16.6. The molecule has 1 aromatic rings. The summed E-state index contributed by atoms with van der Waals surface area (Å²) in [6, 6.07) is 6.58. The highest BCUT2D eigenvalue weighted by Crippen LogP contribution is 2.46. The van der Waals surface area contributed by atoms with Gasteiger partial charge in [-0.05, 0) is 44.2 Å². The molecule has 2 unspecified atom stereocenters. The summed E-state index contributed by atoms with van der Waals surface area (Å²) in [4.78, 5) is 52.8. The van der Waals surface area contributed by atoms with Crippen LogP contribution in [-0.4, -0.2) is 70.7 Å². The summed E-state index contributed by atoms with van der Waals surface area (Å²) in [6.45, 7) is 9.65. The van der Waals surface area contributed by atoms with Crippen molar-refractivity contribution < 1.29 is 33.3 Å². The molecule has 2 amide bonds. The molecule has 2 aliphatic heterocycles. The third kappa shape index (κ3) is 5.13. The number of carbonyl (C=O) groups excluding carboxylic acids is 3. The van der Waals surface area contributed by atoms with E-state index in [9.17, 15) is 24.5 Å². The number of benzene rings is 1. The smallest absolute Gasteiger partial charge is 0.410 e. The first-order chi connectivity index (χ1) is 18.3. The molecule has 3 aliphatic rings. The van der Waals surface area contributed by atoms with Gasteiger partial charge < -0.3 is 9.47 Å². The molecule has 0 saturated carbocycles. The molecule has 2 atom stereocenters. The Labute approximate surface area is 228 Å². The van der Waals surface area contributed by atoms with Crippen LogP contribution in [-0.2, 0) is 19.1 Å². The molecular weight excluding hydrogens is 502 g/mol. The van der Waals surface area contributed by atoms with Gasteiger partial charge in [0.15, 0.2) is 0 Å². The Morgan fingerprint density at radius 2 is 1.87 bits per heavy atom. The van der Waals surface area contributed by atoms with Gasteiger partial charge in [-0.1, -0.05) is 44.2 Å². The summed E-state index contributed by atoms with van der Waals surface area (Å²) in [5, 5.41) is 12.2. The van der Waals surface area contributed by atoms with Crippen LogP contribution in [0, 0.1) is 10.1 Å². The first-order valence-electron chi connectivity index (χ1n) is 13.2. The van der Waals surface area contributed by atoms with E-state index in [0.29, 0.717) is 23.1 Å². The molecule has 0 aromatic heterocycles. The highest BCUT2D eigenvalue weighted by molar-refractivity contribution is 6.06. The largest absolute Gasteiger partial charge is 0.465 e. The van der Waals surface area contributed by atoms with Crippen molar-refractivity contribution in [2.75, 3.05) is 26.7 Å². The van der Waals surface area contributed by atoms with Gasteiger partial charge in [0.05, 0.1) is 30.7 Å². The number of hydrogen-bond donors (Lipinski definition) is 0. The van der Waals surface area contributed by atoms with Crippen molar-refractivity contribution in [3.63, 3.8) is 0 Å². The lowest BCUT2D eigenvalue weighted by Gasteiger charge is -2.49. The summed E-state index contributed by atoms with van der Waals surface area (Å²) in [6.07, 6.45) is 3.71. The summed E-state index contributed by atoms with van der Waals surface area (Å²) in [5.41, 5.74) is 2.38. The fourth-order valence-electron chi connectivity index (χ4n) is 5.56. The van der Waals surface area contributed by atoms with Crippen LogP contribution < -0.4 is 0 Å². The van der Waals surface area contributed by atoms with E-state index in [1.807, 2.05) is 44.2 Å². The zero-order chi connectivity index (χ0) is 28.7. The van der Waals surface area contributed by atoms with E-state index in [1.165, 1.54) is 12.0 Å². The Morgan fingerprint density at radius 1 is 1.18 bits per heavy atom. The second kappa shape index (κ2) is 10.4. The number of quaternary nitrogens is 1. The fourth-order valence-corrected chi connectivity index (χ4v) is 5.56. The van der Waals surface area contributed by atoms with Crippen molar-refractivity contribution in [1.29, 1.82) is 0 Å². The molecule has 10 heteroatoms. The Bertz CT molecular complexity index is 1320. The number of rotatable bonds is 5. The maximum Gasteiger partial charge on any atom is 0.410 e. The molecule has 0 N–H and O–H groups in total. The minimum atomic E-state index is -0.970. The SMILES string of the molecule is COC(=O)C1CN(C(=O)OC(C)(C)C)CC[N+]12C=C(C1=CCCC([N+](=O)[O-])=C1c1ccccc1C(C)C)C2=O. The number of allylic oxidation sites excluding steroid dienone is 3. The maximum atomic E-state index is 14.0. The number of ether oxygens (including phenoxy) is 2. The molecule has 4 rings (SSSR count). The predicted octanol–water partition coefficient (Wildman–Crippen LogP) is 4.55. The van der Waals surface area contributed by atoms with E-state index in [2.05, 4.69) is 0 Å². The predicted molar refractivity (Wildman–Crippen MR) is 144 cm³/mol. The van der Waals surface area contributed by atoms with Crippen molar-refractivity contribution >= 4 is 23.5 Å². The standard InChI is InChI=1S/C29H36N3O7/c1-18(2)19-10-7-8-11-20(19)25-21(12-9-13-23(25)31(36)37)22-17-32(26(22)33)15-14-30(16-24(32)27(34)38-6)28(35)39-29(3,4)5/h7-8,10-12,17-18,24H,9,13-16H2,1-6H3/q+1. The maximum absolute atomic E-state index is 14.0. The monoisotopic (exact) mass is 538 g/mol. The van der Waals surface area contributed by atoms with Crippen LogP contribution in [0.5, 0.6) is 0 Å². The minimum Gasteiger partial charge on any atom is -0.465 e. The van der Waals surface area contributed by atoms with Crippen LogP contribution in [0.3, 0.4) is 0 Å². The molecule has 2 heterocycles. The van der Waals surface area contributed by atoms with Crippen LogP contribution in [0.15, 0.2) is 53.4 Å². The van der Waals surface area contributed by atoms with Gasteiger partial charge in [-0.15, -0.1) is 0 Å². The number of methoxy groups -OCH3 is 1. The molecule has 1 aliphatic carbocycles. The average Bonchev–Trinajstić information content (AvgIpc) is 2.89. The normalized spacial score (nSPS) is 23.3. The molecule has 1 aromatic carbocycles. The molecule has 0 radical (unpaired) electrons. The molecule has 1 saturated heterocycles. The van der Waals surface area contributed by atoms with Crippen LogP contribution >= 0.6 is 0 Å². The van der Waals surface area contributed by atoms with Crippen LogP contribution in [0.2, 0.25) is 0 Å². The lowest BCUT2D eigenvalue weighted by Crippen LogP contribution is -2.72. The first-order valence-corrected chi connectivity index (χ1v) is 13.2. The van der Waals surface area contributed by atoms with E-state index in [-0.39, 0.29) is 53.0 Å². The van der Waals surface area contributed by atoms with Crippen LogP contribution in [0.4, 0.5) is 4.79 Å². The van der Waals surface area contributed by atoms with Crippen molar-refractivity contribution in [2.24, 2.45) is 0 Å². The third-order valence-corrected chi connectivity index (χ3v) is 7.43. The van der Waals surface area contributed by atoms with Crippen molar-refractivity contribution in [3.05, 3.63) is 74.6 Å². The van der Waals surface area contributed by atoms with Gasteiger partial charge in [-0.3, -0.25) is 15.0 Å².